The molecule has 2 aromatic heterocycles. The Morgan fingerprint density at radius 3 is 2.92 bits per heavy atom. The Morgan fingerprint density at radius 1 is 1.24 bits per heavy atom. The van der Waals surface area contributed by atoms with Crippen LogP contribution in [0.1, 0.15) is 36.3 Å². The van der Waals surface area contributed by atoms with E-state index in [-0.39, 0.29) is 5.37 Å². The van der Waals surface area contributed by atoms with Crippen LogP contribution in [0.4, 0.5) is 0 Å². The molecule has 0 radical (unpaired) electrons. The number of benzene rings is 1. The van der Waals surface area contributed by atoms with Crippen LogP contribution in [0, 0.1) is 12.8 Å². The Labute approximate surface area is 154 Å². The minimum absolute atomic E-state index is 0.210. The normalized spacial score (nSPS) is 19.0. The van der Waals surface area contributed by atoms with Gasteiger partial charge in [0.05, 0.1) is 0 Å². The highest BCUT2D eigenvalue weighted by Gasteiger charge is 2.41. The lowest BCUT2D eigenvalue weighted by Gasteiger charge is -2.26. The van der Waals surface area contributed by atoms with E-state index in [9.17, 15) is 0 Å². The lowest BCUT2D eigenvalue weighted by atomic mass is 10.1. The summed E-state index contributed by atoms with van der Waals surface area (Å²) >= 11 is 3.57. The lowest BCUT2D eigenvalue weighted by molar-refractivity contribution is 0.552. The molecule has 3 aromatic rings. The number of aryl methyl sites for hydroxylation is 1. The summed E-state index contributed by atoms with van der Waals surface area (Å²) in [6.45, 7) is 6.61. The van der Waals surface area contributed by atoms with E-state index in [0.29, 0.717) is 5.92 Å². The van der Waals surface area contributed by atoms with Gasteiger partial charge < -0.3 is 4.98 Å². The molecule has 2 aliphatic rings. The van der Waals surface area contributed by atoms with Crippen molar-refractivity contribution in [1.82, 2.24) is 19.9 Å². The maximum atomic E-state index is 4.45. The number of para-hydroxylation sites is 1. The number of nitrogens with one attached hydrogen (secondary N) is 1. The predicted octanol–water partition coefficient (Wildman–Crippen LogP) is 4.55. The number of aromatic amines is 1. The standard InChI is InChI=1S/C18H19N5S2/c1-10(2)8-14-20-21-18-22(14)23-15(25-18)9-24-17(23)16-11(3)19-13-7-5-4-6-12(13)16/h4-7,9-10,17,19H,8H2,1-3H3. The van der Waals surface area contributed by atoms with E-state index in [1.54, 1.807) is 11.8 Å². The SMILES string of the molecule is Cc1[nH]c2ccccc2c1C1SC=C2Sc3nnc(CC(C)C)n3N21. The number of H-pyrrole nitrogens is 1. The molecule has 128 valence electrons. The number of thioether (sulfide) groups is 2. The van der Waals surface area contributed by atoms with Crippen LogP contribution in [-0.2, 0) is 6.42 Å². The quantitative estimate of drug-likeness (QED) is 0.734. The molecule has 5 rings (SSSR count). The Hall–Kier alpha value is -1.86. The lowest BCUT2D eigenvalue weighted by Crippen LogP contribution is -2.31. The molecule has 0 fully saturated rings. The molecule has 1 N–H and O–H groups in total. The van der Waals surface area contributed by atoms with E-state index in [1.165, 1.54) is 27.2 Å². The molecule has 5 nitrogen and oxygen atoms in total. The fourth-order valence-corrected chi connectivity index (χ4v) is 5.96. The predicted molar refractivity (Wildman–Crippen MR) is 104 cm³/mol. The van der Waals surface area contributed by atoms with Crippen molar-refractivity contribution in [1.29, 1.82) is 0 Å². The number of rotatable bonds is 3. The Morgan fingerprint density at radius 2 is 2.08 bits per heavy atom. The number of hydrogen-bond donors (Lipinski definition) is 1. The monoisotopic (exact) mass is 369 g/mol. The molecule has 0 aliphatic carbocycles. The summed E-state index contributed by atoms with van der Waals surface area (Å²) in [4.78, 5) is 3.54. The molecule has 1 atom stereocenters. The van der Waals surface area contributed by atoms with Crippen molar-refractivity contribution in [2.45, 2.75) is 37.7 Å². The summed E-state index contributed by atoms with van der Waals surface area (Å²) in [6.07, 6.45) is 0.932. The Balaban J connectivity index is 1.63. The van der Waals surface area contributed by atoms with Crippen molar-refractivity contribution in [3.8, 4) is 0 Å². The summed E-state index contributed by atoms with van der Waals surface area (Å²) in [6, 6.07) is 8.54. The third-order valence-electron chi connectivity index (χ3n) is 4.61. The first kappa shape index (κ1) is 15.4. The van der Waals surface area contributed by atoms with E-state index < -0.39 is 0 Å². The Bertz CT molecular complexity index is 1000. The van der Waals surface area contributed by atoms with Gasteiger partial charge in [0.15, 0.2) is 5.82 Å². The van der Waals surface area contributed by atoms with Gasteiger partial charge in [-0.25, -0.2) is 4.68 Å². The second-order valence-corrected chi connectivity index (χ2v) is 8.85. The highest BCUT2D eigenvalue weighted by molar-refractivity contribution is 8.07. The number of hydrogen-bond acceptors (Lipinski definition) is 5. The van der Waals surface area contributed by atoms with Gasteiger partial charge in [-0.05, 0) is 30.7 Å². The van der Waals surface area contributed by atoms with Gasteiger partial charge in [0, 0.05) is 34.0 Å². The molecule has 25 heavy (non-hydrogen) atoms. The van der Waals surface area contributed by atoms with Crippen molar-refractivity contribution in [2.24, 2.45) is 5.92 Å². The molecular formula is C18H19N5S2. The van der Waals surface area contributed by atoms with E-state index in [2.05, 4.69) is 75.3 Å². The van der Waals surface area contributed by atoms with Gasteiger partial charge in [-0.1, -0.05) is 43.8 Å². The summed E-state index contributed by atoms with van der Waals surface area (Å²) in [7, 11) is 0. The zero-order chi connectivity index (χ0) is 17.1. The van der Waals surface area contributed by atoms with Gasteiger partial charge in [0.2, 0.25) is 5.16 Å². The third kappa shape index (κ3) is 2.25. The minimum Gasteiger partial charge on any atom is -0.358 e. The summed E-state index contributed by atoms with van der Waals surface area (Å²) < 4.78 is 2.22. The molecule has 7 heteroatoms. The molecule has 1 unspecified atom stereocenters. The van der Waals surface area contributed by atoms with Gasteiger partial charge in [0.1, 0.15) is 10.4 Å². The average molecular weight is 370 g/mol. The van der Waals surface area contributed by atoms with Crippen LogP contribution in [0.25, 0.3) is 10.9 Å². The first-order chi connectivity index (χ1) is 12.1. The second-order valence-electron chi connectivity index (χ2n) is 6.91. The molecule has 2 aliphatic heterocycles. The smallest absolute Gasteiger partial charge is 0.216 e. The van der Waals surface area contributed by atoms with Crippen LogP contribution >= 0.6 is 23.5 Å². The van der Waals surface area contributed by atoms with Crippen LogP contribution in [0.2, 0.25) is 0 Å². The molecule has 0 spiro atoms. The Kier molecular flexibility index (Phi) is 3.43. The van der Waals surface area contributed by atoms with Gasteiger partial charge in [-0.3, -0.25) is 5.01 Å². The highest BCUT2D eigenvalue weighted by atomic mass is 32.2. The number of aromatic nitrogens is 4. The van der Waals surface area contributed by atoms with Crippen LogP contribution in [0.5, 0.6) is 0 Å². The molecular weight excluding hydrogens is 350 g/mol. The zero-order valence-electron chi connectivity index (χ0n) is 14.4. The molecule has 4 heterocycles. The van der Waals surface area contributed by atoms with Crippen LogP contribution in [-0.4, -0.2) is 19.9 Å². The molecule has 0 saturated carbocycles. The van der Waals surface area contributed by atoms with Gasteiger partial charge in [-0.2, -0.15) is 0 Å². The van der Waals surface area contributed by atoms with E-state index in [1.807, 2.05) is 11.8 Å². The number of fused-ring (bicyclic) bond motifs is 4. The van der Waals surface area contributed by atoms with Crippen LogP contribution < -0.4 is 5.01 Å². The zero-order valence-corrected chi connectivity index (χ0v) is 16.0. The molecule has 0 bridgehead atoms. The van der Waals surface area contributed by atoms with Crippen LogP contribution in [0.3, 0.4) is 0 Å². The van der Waals surface area contributed by atoms with E-state index in [4.69, 9.17) is 0 Å². The van der Waals surface area contributed by atoms with Crippen molar-refractivity contribution in [3.05, 3.63) is 51.8 Å². The van der Waals surface area contributed by atoms with Crippen molar-refractivity contribution < 1.29 is 0 Å². The van der Waals surface area contributed by atoms with Gasteiger partial charge in [0.25, 0.3) is 0 Å². The van der Waals surface area contributed by atoms with E-state index >= 15 is 0 Å². The highest BCUT2D eigenvalue weighted by Crippen LogP contribution is 2.52. The van der Waals surface area contributed by atoms with Crippen molar-refractivity contribution in [2.75, 3.05) is 5.01 Å². The fraction of sp³-hybridized carbons (Fsp3) is 0.333. The first-order valence-electron chi connectivity index (χ1n) is 8.48. The number of nitrogens with zero attached hydrogens (tertiary/aromatic N) is 4. The molecule has 1 aromatic carbocycles. The summed E-state index contributed by atoms with van der Waals surface area (Å²) in [5.41, 5.74) is 3.78. The fourth-order valence-electron chi connectivity index (χ4n) is 3.59. The van der Waals surface area contributed by atoms with Gasteiger partial charge in [-0.15, -0.1) is 10.2 Å². The molecule has 0 saturated heterocycles. The maximum Gasteiger partial charge on any atom is 0.216 e. The maximum absolute atomic E-state index is 4.45. The summed E-state index contributed by atoms with van der Waals surface area (Å²) in [5, 5.41) is 17.2. The minimum atomic E-state index is 0.210. The average Bonchev–Trinajstić information content (AvgIpc) is 3.27. The first-order valence-corrected chi connectivity index (χ1v) is 10.2. The molecule has 0 amide bonds. The van der Waals surface area contributed by atoms with Gasteiger partial charge >= 0.3 is 0 Å². The largest absolute Gasteiger partial charge is 0.358 e. The second kappa shape index (κ2) is 5.57. The van der Waals surface area contributed by atoms with Crippen molar-refractivity contribution in [3.63, 3.8) is 0 Å². The van der Waals surface area contributed by atoms with Crippen molar-refractivity contribution >= 4 is 34.4 Å². The summed E-state index contributed by atoms with van der Waals surface area (Å²) in [5.74, 6) is 1.60. The third-order valence-corrected chi connectivity index (χ3v) is 6.77. The van der Waals surface area contributed by atoms with E-state index in [0.717, 1.165) is 17.4 Å². The van der Waals surface area contributed by atoms with Crippen LogP contribution in [0.15, 0.2) is 39.9 Å². The topological polar surface area (TPSA) is 49.7 Å².